The molecule has 0 bridgehead atoms. The molecule has 2 aromatic carbocycles. The number of halogens is 3. The van der Waals surface area contributed by atoms with Crippen molar-refractivity contribution in [1.29, 1.82) is 0 Å². The summed E-state index contributed by atoms with van der Waals surface area (Å²) >= 11 is 0. The topological polar surface area (TPSA) is 37.4 Å². The Morgan fingerprint density at radius 2 is 1.55 bits per heavy atom. The van der Waals surface area contributed by atoms with Gasteiger partial charge in [-0.15, -0.1) is 0 Å². The highest BCUT2D eigenvalue weighted by Crippen LogP contribution is 2.23. The molecule has 0 N–H and O–H groups in total. The van der Waals surface area contributed by atoms with Gasteiger partial charge in [-0.2, -0.15) is 4.31 Å². The largest absolute Gasteiger partial charge is 0.246 e. The van der Waals surface area contributed by atoms with Crippen molar-refractivity contribution in [3.63, 3.8) is 0 Å². The van der Waals surface area contributed by atoms with Crippen molar-refractivity contribution in [2.45, 2.75) is 18.4 Å². The predicted molar refractivity (Wildman–Crippen MR) is 76.1 cm³/mol. The molecule has 3 nitrogen and oxygen atoms in total. The molecule has 0 heterocycles. The molecule has 0 aliphatic rings. The van der Waals surface area contributed by atoms with Crippen LogP contribution in [0.1, 0.15) is 11.1 Å². The molecule has 7 heteroatoms. The van der Waals surface area contributed by atoms with E-state index in [0.717, 1.165) is 9.87 Å². The van der Waals surface area contributed by atoms with E-state index in [1.807, 2.05) is 19.1 Å². The second kappa shape index (κ2) is 6.10. The first kappa shape index (κ1) is 16.5. The van der Waals surface area contributed by atoms with Gasteiger partial charge in [-0.1, -0.05) is 29.8 Å². The molecule has 0 unspecified atom stereocenters. The lowest BCUT2D eigenvalue weighted by Crippen LogP contribution is -2.27. The maximum absolute atomic E-state index is 13.7. The van der Waals surface area contributed by atoms with Crippen LogP contribution in [0.2, 0.25) is 0 Å². The van der Waals surface area contributed by atoms with Gasteiger partial charge in [0.25, 0.3) is 0 Å². The zero-order chi connectivity index (χ0) is 16.5. The first-order valence-corrected chi connectivity index (χ1v) is 7.83. The van der Waals surface area contributed by atoms with Crippen molar-refractivity contribution in [3.05, 3.63) is 65.0 Å². The Hall–Kier alpha value is -1.86. The van der Waals surface area contributed by atoms with Crippen LogP contribution in [0, 0.1) is 24.4 Å². The summed E-state index contributed by atoms with van der Waals surface area (Å²) in [4.78, 5) is -0.888. The molecular formula is C15H14F3NO2S. The zero-order valence-electron chi connectivity index (χ0n) is 12.0. The monoisotopic (exact) mass is 329 g/mol. The van der Waals surface area contributed by atoms with Crippen molar-refractivity contribution in [2.75, 3.05) is 7.05 Å². The number of benzene rings is 2. The van der Waals surface area contributed by atoms with Crippen LogP contribution < -0.4 is 0 Å². The molecule has 118 valence electrons. The molecule has 0 saturated heterocycles. The van der Waals surface area contributed by atoms with E-state index >= 15 is 0 Å². The highest BCUT2D eigenvalue weighted by molar-refractivity contribution is 7.89. The molecule has 0 aliphatic carbocycles. The summed E-state index contributed by atoms with van der Waals surface area (Å²) in [6.45, 7) is 1.88. The summed E-state index contributed by atoms with van der Waals surface area (Å²) in [6, 6.07) is 8.41. The minimum absolute atomic E-state index is 0.0128. The Morgan fingerprint density at radius 1 is 0.955 bits per heavy atom. The summed E-state index contributed by atoms with van der Waals surface area (Å²) < 4.78 is 65.3. The van der Waals surface area contributed by atoms with Crippen LogP contribution in [0.5, 0.6) is 0 Å². The Labute approximate surface area is 127 Å². The summed E-state index contributed by atoms with van der Waals surface area (Å²) in [5.41, 5.74) is 1.71. The van der Waals surface area contributed by atoms with Gasteiger partial charge in [0, 0.05) is 13.6 Å². The molecule has 0 aromatic heterocycles. The highest BCUT2D eigenvalue weighted by Gasteiger charge is 2.27. The van der Waals surface area contributed by atoms with Crippen LogP contribution in [0.15, 0.2) is 41.3 Å². The number of hydrogen-bond acceptors (Lipinski definition) is 2. The van der Waals surface area contributed by atoms with E-state index in [1.165, 1.54) is 7.05 Å². The third kappa shape index (κ3) is 3.15. The van der Waals surface area contributed by atoms with Crippen molar-refractivity contribution in [3.8, 4) is 0 Å². The van der Waals surface area contributed by atoms with Crippen molar-refractivity contribution in [2.24, 2.45) is 0 Å². The van der Waals surface area contributed by atoms with Crippen LogP contribution in [0.4, 0.5) is 13.2 Å². The Balaban J connectivity index is 2.34. The van der Waals surface area contributed by atoms with Crippen LogP contribution in [-0.2, 0) is 16.6 Å². The van der Waals surface area contributed by atoms with Crippen molar-refractivity contribution >= 4 is 10.0 Å². The van der Waals surface area contributed by atoms with E-state index in [1.54, 1.807) is 12.1 Å². The number of aryl methyl sites for hydroxylation is 1. The van der Waals surface area contributed by atoms with E-state index in [0.29, 0.717) is 17.7 Å². The fourth-order valence-electron chi connectivity index (χ4n) is 1.91. The van der Waals surface area contributed by atoms with Gasteiger partial charge >= 0.3 is 0 Å². The fourth-order valence-corrected chi connectivity index (χ4v) is 3.12. The quantitative estimate of drug-likeness (QED) is 0.808. The molecule has 0 spiro atoms. The zero-order valence-corrected chi connectivity index (χ0v) is 12.8. The van der Waals surface area contributed by atoms with Crippen molar-refractivity contribution < 1.29 is 21.6 Å². The standard InChI is InChI=1S/C15H14F3NO2S/c1-10-3-5-11(6-4-10)9-19(2)22(20,21)13-8-7-12(16)14(17)15(13)18/h3-8H,9H2,1-2H3. The summed E-state index contributed by atoms with van der Waals surface area (Å²) in [5.74, 6) is -4.95. The number of nitrogens with zero attached hydrogens (tertiary/aromatic N) is 1. The Kier molecular flexibility index (Phi) is 4.58. The number of rotatable bonds is 4. The van der Waals surface area contributed by atoms with Gasteiger partial charge in [-0.05, 0) is 24.6 Å². The lowest BCUT2D eigenvalue weighted by molar-refractivity contribution is 0.421. The number of sulfonamides is 1. The van der Waals surface area contributed by atoms with E-state index in [2.05, 4.69) is 0 Å². The van der Waals surface area contributed by atoms with Crippen LogP contribution >= 0.6 is 0 Å². The van der Waals surface area contributed by atoms with Gasteiger partial charge in [0.05, 0.1) is 0 Å². The van der Waals surface area contributed by atoms with Crippen LogP contribution in [0.25, 0.3) is 0 Å². The molecule has 0 saturated carbocycles. The molecule has 0 fully saturated rings. The number of hydrogen-bond donors (Lipinski definition) is 0. The second-order valence-corrected chi connectivity index (χ2v) is 6.93. The minimum Gasteiger partial charge on any atom is -0.207 e. The maximum atomic E-state index is 13.7. The van der Waals surface area contributed by atoms with Gasteiger partial charge in [0.15, 0.2) is 17.5 Å². The van der Waals surface area contributed by atoms with Gasteiger partial charge in [0.1, 0.15) is 4.90 Å². The van der Waals surface area contributed by atoms with Gasteiger partial charge < -0.3 is 0 Å². The normalized spacial score (nSPS) is 11.9. The first-order valence-electron chi connectivity index (χ1n) is 6.39. The molecule has 0 amide bonds. The Bertz CT molecular complexity index is 789. The highest BCUT2D eigenvalue weighted by atomic mass is 32.2. The lowest BCUT2D eigenvalue weighted by atomic mass is 10.1. The summed E-state index contributed by atoms with van der Waals surface area (Å²) in [7, 11) is -3.02. The average Bonchev–Trinajstić information content (AvgIpc) is 2.47. The summed E-state index contributed by atoms with van der Waals surface area (Å²) in [6.07, 6.45) is 0. The maximum Gasteiger partial charge on any atom is 0.246 e. The molecule has 0 atom stereocenters. The third-order valence-electron chi connectivity index (χ3n) is 3.21. The van der Waals surface area contributed by atoms with Crippen LogP contribution in [0.3, 0.4) is 0 Å². The molecule has 0 aliphatic heterocycles. The molecule has 2 rings (SSSR count). The average molecular weight is 329 g/mol. The van der Waals surface area contributed by atoms with Gasteiger partial charge in [0.2, 0.25) is 10.0 Å². The first-order chi connectivity index (χ1) is 10.2. The molecule has 2 aromatic rings. The SMILES string of the molecule is Cc1ccc(CN(C)S(=O)(=O)c2ccc(F)c(F)c2F)cc1. The van der Waals surface area contributed by atoms with Crippen LogP contribution in [-0.4, -0.2) is 19.8 Å². The van der Waals surface area contributed by atoms with E-state index in [9.17, 15) is 21.6 Å². The smallest absolute Gasteiger partial charge is 0.207 e. The van der Waals surface area contributed by atoms with Crippen molar-refractivity contribution in [1.82, 2.24) is 4.31 Å². The van der Waals surface area contributed by atoms with E-state index < -0.39 is 32.4 Å². The third-order valence-corrected chi connectivity index (χ3v) is 5.03. The molecule has 0 radical (unpaired) electrons. The van der Waals surface area contributed by atoms with Gasteiger partial charge in [-0.25, -0.2) is 21.6 Å². The fraction of sp³-hybridized carbons (Fsp3) is 0.200. The Morgan fingerprint density at radius 3 is 2.14 bits per heavy atom. The lowest BCUT2D eigenvalue weighted by Gasteiger charge is -2.18. The second-order valence-electron chi connectivity index (χ2n) is 4.92. The molecule has 22 heavy (non-hydrogen) atoms. The summed E-state index contributed by atoms with van der Waals surface area (Å²) in [5, 5.41) is 0. The predicted octanol–water partition coefficient (Wildman–Crippen LogP) is 3.23. The minimum atomic E-state index is -4.27. The van der Waals surface area contributed by atoms with Gasteiger partial charge in [-0.3, -0.25) is 0 Å². The van der Waals surface area contributed by atoms with E-state index in [4.69, 9.17) is 0 Å². The van der Waals surface area contributed by atoms with E-state index in [-0.39, 0.29) is 6.54 Å². The molecular weight excluding hydrogens is 315 g/mol.